The zero-order chi connectivity index (χ0) is 15.0. The maximum Gasteiger partial charge on any atom is 0.279 e. The molecule has 2 fully saturated rings. The lowest BCUT2D eigenvalue weighted by molar-refractivity contribution is 0.220. The van der Waals surface area contributed by atoms with Crippen molar-refractivity contribution >= 4 is 20.0 Å². The molecule has 2 heterocycles. The number of hydrogen-bond donors (Lipinski definition) is 1. The number of nitrogens with zero attached hydrogens (tertiary/aromatic N) is 1. The van der Waals surface area contributed by atoms with Gasteiger partial charge in [0.25, 0.3) is 10.2 Å². The zero-order valence-electron chi connectivity index (χ0n) is 12.1. The molecule has 0 aromatic rings. The van der Waals surface area contributed by atoms with Crippen LogP contribution in [0.3, 0.4) is 0 Å². The average Bonchev–Trinajstić information content (AvgIpc) is 2.64. The van der Waals surface area contributed by atoms with E-state index < -0.39 is 25.3 Å². The first kappa shape index (κ1) is 16.2. The lowest BCUT2D eigenvalue weighted by atomic mass is 9.94. The molecule has 2 saturated heterocycles. The van der Waals surface area contributed by atoms with Gasteiger partial charge in [0.1, 0.15) is 0 Å². The van der Waals surface area contributed by atoms with Gasteiger partial charge in [-0.3, -0.25) is 0 Å². The summed E-state index contributed by atoms with van der Waals surface area (Å²) in [6.45, 7) is 5.11. The maximum atomic E-state index is 12.3. The summed E-state index contributed by atoms with van der Waals surface area (Å²) >= 11 is 0. The van der Waals surface area contributed by atoms with Gasteiger partial charge in [-0.25, -0.2) is 13.1 Å². The minimum absolute atomic E-state index is 0.00390. The first-order chi connectivity index (χ1) is 9.21. The summed E-state index contributed by atoms with van der Waals surface area (Å²) in [5.74, 6) is 0.855. The van der Waals surface area contributed by atoms with Gasteiger partial charge in [0.05, 0.1) is 11.0 Å². The Labute approximate surface area is 122 Å². The minimum atomic E-state index is -3.57. The molecule has 0 aliphatic carbocycles. The quantitative estimate of drug-likeness (QED) is 0.810. The number of rotatable bonds is 4. The van der Waals surface area contributed by atoms with Crippen molar-refractivity contribution in [3.63, 3.8) is 0 Å². The second kappa shape index (κ2) is 5.90. The third kappa shape index (κ3) is 3.72. The van der Waals surface area contributed by atoms with Crippen molar-refractivity contribution in [3.8, 4) is 0 Å². The summed E-state index contributed by atoms with van der Waals surface area (Å²) in [4.78, 5) is 0. The molecule has 0 radical (unpaired) electrons. The molecular formula is C12H24N2O4S2. The Morgan fingerprint density at radius 2 is 1.80 bits per heavy atom. The summed E-state index contributed by atoms with van der Waals surface area (Å²) in [7, 11) is -6.68. The first-order valence-electron chi connectivity index (χ1n) is 7.17. The SMILES string of the molecule is C[C@@H]1C[C@H](C)CN(S(=O)(=O)NC[C@@H]2CCCS2(=O)=O)C1. The molecule has 118 valence electrons. The third-order valence-corrected chi connectivity index (χ3v) is 7.92. The van der Waals surface area contributed by atoms with Crippen molar-refractivity contribution < 1.29 is 16.8 Å². The lowest BCUT2D eigenvalue weighted by Gasteiger charge is -2.34. The lowest BCUT2D eigenvalue weighted by Crippen LogP contribution is -2.49. The van der Waals surface area contributed by atoms with Crippen molar-refractivity contribution in [3.05, 3.63) is 0 Å². The second-order valence-corrected chi connectivity index (χ2v) is 10.4. The van der Waals surface area contributed by atoms with Crippen LogP contribution in [0.25, 0.3) is 0 Å². The molecule has 3 atom stereocenters. The summed E-state index contributed by atoms with van der Waals surface area (Å²) in [5, 5.41) is -0.558. The molecular weight excluding hydrogens is 300 g/mol. The molecule has 0 unspecified atom stereocenters. The minimum Gasteiger partial charge on any atom is -0.229 e. The van der Waals surface area contributed by atoms with Gasteiger partial charge in [-0.2, -0.15) is 12.7 Å². The molecule has 8 heteroatoms. The zero-order valence-corrected chi connectivity index (χ0v) is 13.7. The molecule has 2 rings (SSSR count). The largest absolute Gasteiger partial charge is 0.279 e. The van der Waals surface area contributed by atoms with Gasteiger partial charge in [0.15, 0.2) is 9.84 Å². The molecule has 0 amide bonds. The van der Waals surface area contributed by atoms with Gasteiger partial charge < -0.3 is 0 Å². The molecule has 0 spiro atoms. The Hall–Kier alpha value is -0.180. The molecule has 0 bridgehead atoms. The van der Waals surface area contributed by atoms with Crippen LogP contribution in [0.15, 0.2) is 0 Å². The summed E-state index contributed by atoms with van der Waals surface area (Å²) in [6.07, 6.45) is 2.22. The van der Waals surface area contributed by atoms with E-state index in [0.29, 0.717) is 37.8 Å². The Balaban J connectivity index is 1.97. The van der Waals surface area contributed by atoms with E-state index in [1.807, 2.05) is 13.8 Å². The molecule has 0 aromatic carbocycles. The maximum absolute atomic E-state index is 12.3. The second-order valence-electron chi connectivity index (χ2n) is 6.25. The van der Waals surface area contributed by atoms with Gasteiger partial charge >= 0.3 is 0 Å². The van der Waals surface area contributed by atoms with E-state index in [0.717, 1.165) is 6.42 Å². The number of sulfone groups is 1. The van der Waals surface area contributed by atoms with Gasteiger partial charge in [-0.05, 0) is 31.1 Å². The standard InChI is InChI=1S/C12H24N2O4S2/c1-10-6-11(2)9-14(8-10)20(17,18)13-7-12-4-3-5-19(12,15)16/h10-13H,3-9H2,1-2H3/t10-,11+,12-/m0/s1. The van der Waals surface area contributed by atoms with Crippen LogP contribution >= 0.6 is 0 Å². The topological polar surface area (TPSA) is 83.6 Å². The van der Waals surface area contributed by atoms with E-state index in [1.54, 1.807) is 0 Å². The Kier molecular flexibility index (Phi) is 4.78. The smallest absolute Gasteiger partial charge is 0.229 e. The number of piperidine rings is 1. The van der Waals surface area contributed by atoms with Gasteiger partial charge in [0, 0.05) is 19.6 Å². The average molecular weight is 324 g/mol. The monoisotopic (exact) mass is 324 g/mol. The predicted molar refractivity (Wildman–Crippen MR) is 78.2 cm³/mol. The van der Waals surface area contributed by atoms with Crippen LogP contribution in [-0.4, -0.2) is 51.8 Å². The van der Waals surface area contributed by atoms with Gasteiger partial charge in [-0.1, -0.05) is 13.8 Å². The number of hydrogen-bond acceptors (Lipinski definition) is 4. The fourth-order valence-corrected chi connectivity index (χ4v) is 6.55. The first-order valence-corrected chi connectivity index (χ1v) is 10.3. The van der Waals surface area contributed by atoms with Crippen molar-refractivity contribution in [2.75, 3.05) is 25.4 Å². The van der Waals surface area contributed by atoms with Crippen molar-refractivity contribution in [1.82, 2.24) is 9.03 Å². The van der Waals surface area contributed by atoms with Crippen LogP contribution < -0.4 is 4.72 Å². The Bertz CT molecular complexity index is 534. The highest BCUT2D eigenvalue weighted by molar-refractivity contribution is 7.92. The van der Waals surface area contributed by atoms with Crippen molar-refractivity contribution in [2.45, 2.75) is 38.4 Å². The van der Waals surface area contributed by atoms with E-state index in [1.165, 1.54) is 4.31 Å². The highest BCUT2D eigenvalue weighted by Crippen LogP contribution is 2.23. The van der Waals surface area contributed by atoms with Crippen molar-refractivity contribution in [1.29, 1.82) is 0 Å². The molecule has 1 N–H and O–H groups in total. The van der Waals surface area contributed by atoms with E-state index in [2.05, 4.69) is 4.72 Å². The van der Waals surface area contributed by atoms with E-state index in [-0.39, 0.29) is 12.3 Å². The fraction of sp³-hybridized carbons (Fsp3) is 1.00. The van der Waals surface area contributed by atoms with Crippen LogP contribution in [0.1, 0.15) is 33.1 Å². The summed E-state index contributed by atoms with van der Waals surface area (Å²) in [6, 6.07) is 0. The Morgan fingerprint density at radius 1 is 1.20 bits per heavy atom. The van der Waals surface area contributed by atoms with E-state index >= 15 is 0 Å². The van der Waals surface area contributed by atoms with Gasteiger partial charge in [0.2, 0.25) is 0 Å². The van der Waals surface area contributed by atoms with E-state index in [9.17, 15) is 16.8 Å². The van der Waals surface area contributed by atoms with Crippen LogP contribution in [0.2, 0.25) is 0 Å². The number of nitrogens with one attached hydrogen (secondary N) is 1. The highest BCUT2D eigenvalue weighted by Gasteiger charge is 2.34. The van der Waals surface area contributed by atoms with Crippen LogP contribution in [0.4, 0.5) is 0 Å². The summed E-state index contributed by atoms with van der Waals surface area (Å²) < 4.78 is 51.9. The fourth-order valence-electron chi connectivity index (χ4n) is 3.18. The molecule has 6 nitrogen and oxygen atoms in total. The van der Waals surface area contributed by atoms with Crippen LogP contribution in [-0.2, 0) is 20.0 Å². The normalized spacial score (nSPS) is 35.2. The highest BCUT2D eigenvalue weighted by atomic mass is 32.2. The van der Waals surface area contributed by atoms with Crippen LogP contribution in [0, 0.1) is 11.8 Å². The Morgan fingerprint density at radius 3 is 2.30 bits per heavy atom. The predicted octanol–water partition coefficient (Wildman–Crippen LogP) is 0.376. The summed E-state index contributed by atoms with van der Waals surface area (Å²) in [5.41, 5.74) is 0. The molecule has 2 aliphatic heterocycles. The van der Waals surface area contributed by atoms with Crippen LogP contribution in [0.5, 0.6) is 0 Å². The third-order valence-electron chi connectivity index (χ3n) is 4.13. The van der Waals surface area contributed by atoms with Gasteiger partial charge in [-0.15, -0.1) is 0 Å². The molecule has 2 aliphatic rings. The molecule has 20 heavy (non-hydrogen) atoms. The van der Waals surface area contributed by atoms with E-state index in [4.69, 9.17) is 0 Å². The molecule has 0 saturated carbocycles. The molecule has 0 aromatic heterocycles. The van der Waals surface area contributed by atoms with Crippen molar-refractivity contribution in [2.24, 2.45) is 11.8 Å².